The number of halogens is 2. The van der Waals surface area contributed by atoms with E-state index in [-0.39, 0.29) is 0 Å². The van der Waals surface area contributed by atoms with E-state index >= 15 is 0 Å². The summed E-state index contributed by atoms with van der Waals surface area (Å²) < 4.78 is 29.0. The van der Waals surface area contributed by atoms with Crippen molar-refractivity contribution in [3.05, 3.63) is 41.9 Å². The molecular weight excluding hydrogens is 262 g/mol. The van der Waals surface area contributed by atoms with E-state index in [0.29, 0.717) is 17.7 Å². The summed E-state index contributed by atoms with van der Waals surface area (Å²) in [6.45, 7) is 7.30. The Balaban J connectivity index is 2.17. The second-order valence-corrected chi connectivity index (χ2v) is 11.0. The Labute approximate surface area is 111 Å². The minimum absolute atomic E-state index is 0.434. The predicted molar refractivity (Wildman–Crippen MR) is 71.9 cm³/mol. The summed E-state index contributed by atoms with van der Waals surface area (Å²) in [6.07, 6.45) is 2.07. The van der Waals surface area contributed by atoms with E-state index in [1.165, 1.54) is 11.3 Å². The molecule has 2 aromatic rings. The van der Waals surface area contributed by atoms with Crippen molar-refractivity contribution >= 4 is 13.3 Å². The lowest BCUT2D eigenvalue weighted by atomic mass is 10.1. The molecule has 1 aliphatic heterocycles. The monoisotopic (exact) mass is 277 g/mol. The molecule has 0 saturated carbocycles. The molecule has 19 heavy (non-hydrogen) atoms. The van der Waals surface area contributed by atoms with E-state index < -0.39 is 20.0 Å². The average Bonchev–Trinajstić information content (AvgIpc) is 2.64. The summed E-state index contributed by atoms with van der Waals surface area (Å²) >= 11 is 0. The molecule has 5 heteroatoms. The van der Waals surface area contributed by atoms with Crippen LogP contribution < -0.4 is 9.75 Å². The van der Waals surface area contributed by atoms with Crippen LogP contribution in [0.4, 0.5) is 8.78 Å². The zero-order valence-corrected chi connectivity index (χ0v) is 12.2. The molecule has 0 N–H and O–H groups in total. The molecule has 2 aromatic heterocycles. The maximum Gasteiger partial charge on any atom is 0.230 e. The third kappa shape index (κ3) is 1.98. The van der Waals surface area contributed by atoms with Crippen LogP contribution in [-0.2, 0) is 6.54 Å². The fourth-order valence-corrected chi connectivity index (χ4v) is 3.58. The molecule has 0 saturated heterocycles. The summed E-state index contributed by atoms with van der Waals surface area (Å²) in [7, 11) is -1.41. The zero-order chi connectivity index (χ0) is 13.8. The standard InChI is InChI=1S/C14H15F2N2Si/c1-19(2,3)10-4-5-11-13-9(7-18(11)8-10)6-12(15)17-14(13)16/h4-6,8H,7H2,1-3H3/q+1. The first-order valence-corrected chi connectivity index (χ1v) is 9.75. The Morgan fingerprint density at radius 2 is 1.95 bits per heavy atom. The first-order valence-electron chi connectivity index (χ1n) is 6.25. The van der Waals surface area contributed by atoms with Gasteiger partial charge in [-0.2, -0.15) is 18.3 Å². The maximum absolute atomic E-state index is 13.8. The van der Waals surface area contributed by atoms with E-state index in [0.717, 1.165) is 5.69 Å². The Morgan fingerprint density at radius 1 is 1.21 bits per heavy atom. The molecular formula is C14H15F2N2Si+. The molecule has 98 valence electrons. The van der Waals surface area contributed by atoms with E-state index in [1.807, 2.05) is 10.6 Å². The van der Waals surface area contributed by atoms with Gasteiger partial charge in [-0.05, 0) is 0 Å². The number of aromatic nitrogens is 2. The van der Waals surface area contributed by atoms with Crippen LogP contribution in [0, 0.1) is 11.9 Å². The van der Waals surface area contributed by atoms with Crippen molar-refractivity contribution in [2.45, 2.75) is 26.2 Å². The molecule has 3 heterocycles. The van der Waals surface area contributed by atoms with Crippen molar-refractivity contribution in [2.24, 2.45) is 0 Å². The lowest BCUT2D eigenvalue weighted by molar-refractivity contribution is -0.671. The number of nitrogens with zero attached hydrogens (tertiary/aromatic N) is 2. The van der Waals surface area contributed by atoms with Crippen LogP contribution in [0.15, 0.2) is 24.4 Å². The van der Waals surface area contributed by atoms with Gasteiger partial charge in [0.1, 0.15) is 5.56 Å². The van der Waals surface area contributed by atoms with Crippen LogP contribution in [0.1, 0.15) is 5.56 Å². The van der Waals surface area contributed by atoms with Gasteiger partial charge in [-0.25, -0.2) is 0 Å². The van der Waals surface area contributed by atoms with Gasteiger partial charge in [-0.15, -0.1) is 0 Å². The summed E-state index contributed by atoms with van der Waals surface area (Å²) in [5.41, 5.74) is 1.88. The molecule has 0 fully saturated rings. The number of hydrogen-bond donors (Lipinski definition) is 0. The highest BCUT2D eigenvalue weighted by Crippen LogP contribution is 2.28. The molecule has 0 amide bonds. The van der Waals surface area contributed by atoms with Gasteiger partial charge in [-0.3, -0.25) is 0 Å². The van der Waals surface area contributed by atoms with Gasteiger partial charge in [-0.1, -0.05) is 25.7 Å². The van der Waals surface area contributed by atoms with Gasteiger partial charge >= 0.3 is 0 Å². The molecule has 3 rings (SSSR count). The molecule has 0 unspecified atom stereocenters. The normalized spacial score (nSPS) is 13.3. The molecule has 0 spiro atoms. The summed E-state index contributed by atoms with van der Waals surface area (Å²) in [5.74, 6) is -1.47. The summed E-state index contributed by atoms with van der Waals surface area (Å²) in [5, 5.41) is 1.30. The van der Waals surface area contributed by atoms with E-state index in [2.05, 4.69) is 36.9 Å². The molecule has 0 aromatic carbocycles. The first kappa shape index (κ1) is 12.4. The summed E-state index contributed by atoms with van der Waals surface area (Å²) in [6, 6.07) is 5.29. The van der Waals surface area contributed by atoms with Gasteiger partial charge in [0.2, 0.25) is 17.6 Å². The smallest absolute Gasteiger partial charge is 0.194 e. The van der Waals surface area contributed by atoms with E-state index in [9.17, 15) is 8.78 Å². The van der Waals surface area contributed by atoms with Crippen molar-refractivity contribution < 1.29 is 13.3 Å². The van der Waals surface area contributed by atoms with Crippen molar-refractivity contribution in [2.75, 3.05) is 0 Å². The van der Waals surface area contributed by atoms with Crippen LogP contribution in [0.5, 0.6) is 0 Å². The largest absolute Gasteiger partial charge is 0.230 e. The van der Waals surface area contributed by atoms with Crippen LogP contribution in [0.3, 0.4) is 0 Å². The number of hydrogen-bond acceptors (Lipinski definition) is 1. The van der Waals surface area contributed by atoms with Crippen molar-refractivity contribution in [1.29, 1.82) is 0 Å². The fourth-order valence-electron chi connectivity index (χ4n) is 2.46. The average molecular weight is 277 g/mol. The van der Waals surface area contributed by atoms with Gasteiger partial charge in [0, 0.05) is 22.9 Å². The first-order chi connectivity index (χ1) is 8.86. The van der Waals surface area contributed by atoms with E-state index in [4.69, 9.17) is 0 Å². The molecule has 0 aliphatic carbocycles. The lowest BCUT2D eigenvalue weighted by Crippen LogP contribution is -2.45. The van der Waals surface area contributed by atoms with E-state index in [1.54, 1.807) is 0 Å². The highest BCUT2D eigenvalue weighted by atomic mass is 28.3. The second kappa shape index (κ2) is 3.93. The van der Waals surface area contributed by atoms with Gasteiger partial charge < -0.3 is 0 Å². The lowest BCUT2D eigenvalue weighted by Gasteiger charge is -2.14. The fraction of sp³-hybridized carbons (Fsp3) is 0.286. The maximum atomic E-state index is 13.8. The van der Waals surface area contributed by atoms with Crippen molar-refractivity contribution in [3.63, 3.8) is 0 Å². The minimum Gasteiger partial charge on any atom is -0.194 e. The molecule has 0 atom stereocenters. The summed E-state index contributed by atoms with van der Waals surface area (Å²) in [4.78, 5) is 3.28. The van der Waals surface area contributed by atoms with Crippen LogP contribution >= 0.6 is 0 Å². The number of rotatable bonds is 1. The molecule has 0 radical (unpaired) electrons. The van der Waals surface area contributed by atoms with Gasteiger partial charge in [0.25, 0.3) is 0 Å². The quantitative estimate of drug-likeness (QED) is 0.379. The molecule has 0 bridgehead atoms. The van der Waals surface area contributed by atoms with Crippen LogP contribution in [0.2, 0.25) is 19.6 Å². The Morgan fingerprint density at radius 3 is 2.63 bits per heavy atom. The second-order valence-electron chi connectivity index (χ2n) is 5.95. The van der Waals surface area contributed by atoms with Crippen LogP contribution in [-0.4, -0.2) is 13.1 Å². The van der Waals surface area contributed by atoms with Crippen LogP contribution in [0.25, 0.3) is 11.3 Å². The Kier molecular flexibility index (Phi) is 2.57. The van der Waals surface area contributed by atoms with Crippen molar-refractivity contribution in [1.82, 2.24) is 4.98 Å². The zero-order valence-electron chi connectivity index (χ0n) is 11.2. The minimum atomic E-state index is -1.41. The highest BCUT2D eigenvalue weighted by molar-refractivity contribution is 6.88. The highest BCUT2D eigenvalue weighted by Gasteiger charge is 2.32. The number of pyridine rings is 2. The SMILES string of the molecule is C[Si](C)(C)c1ccc2[n+](c1)Cc1cc(F)nc(F)c1-2. The Hall–Kier alpha value is -1.62. The van der Waals surface area contributed by atoms with Gasteiger partial charge in [0.05, 0.1) is 8.07 Å². The molecule has 2 nitrogen and oxygen atoms in total. The predicted octanol–water partition coefficient (Wildman–Crippen LogP) is 2.22. The molecule has 1 aliphatic rings. The third-order valence-electron chi connectivity index (χ3n) is 3.51. The topological polar surface area (TPSA) is 16.8 Å². The van der Waals surface area contributed by atoms with Gasteiger partial charge in [0.15, 0.2) is 12.7 Å². The Bertz CT molecular complexity index is 678. The third-order valence-corrected chi connectivity index (χ3v) is 5.54. The number of fused-ring (bicyclic) bond motifs is 3. The van der Waals surface area contributed by atoms with Crippen molar-refractivity contribution in [3.8, 4) is 11.3 Å².